The Balaban J connectivity index is 1.83. The highest BCUT2D eigenvalue weighted by Crippen LogP contribution is 2.18. The summed E-state index contributed by atoms with van der Waals surface area (Å²) in [5, 5.41) is 14.5. The molecule has 108 valence electrons. The van der Waals surface area contributed by atoms with E-state index in [-0.39, 0.29) is 17.7 Å². The van der Waals surface area contributed by atoms with Gasteiger partial charge in [-0.2, -0.15) is 0 Å². The van der Waals surface area contributed by atoms with Crippen molar-refractivity contribution in [3.05, 3.63) is 5.89 Å². The van der Waals surface area contributed by atoms with Gasteiger partial charge in [0.15, 0.2) is 0 Å². The minimum Gasteiger partial charge on any atom is -0.407 e. The second kappa shape index (κ2) is 5.88. The normalized spacial score (nSPS) is 21.6. The molecule has 0 bridgehead atoms. The molecule has 2 rings (SSSR count). The predicted octanol–water partition coefficient (Wildman–Crippen LogP) is 1.94. The molecule has 0 aliphatic carbocycles. The molecule has 0 amide bonds. The molecule has 2 N–H and O–H groups in total. The Labute approximate surface area is 114 Å². The molecular weight excluding hydrogens is 244 g/mol. The van der Waals surface area contributed by atoms with Crippen molar-refractivity contribution >= 4 is 6.01 Å². The van der Waals surface area contributed by atoms with Gasteiger partial charge in [-0.3, -0.25) is 0 Å². The van der Waals surface area contributed by atoms with E-state index in [4.69, 9.17) is 9.15 Å². The highest BCUT2D eigenvalue weighted by Gasteiger charge is 2.23. The number of rotatable bonds is 5. The van der Waals surface area contributed by atoms with Gasteiger partial charge in [-0.25, -0.2) is 0 Å². The average Bonchev–Trinajstić information content (AvgIpc) is 2.96. The van der Waals surface area contributed by atoms with E-state index in [9.17, 15) is 0 Å². The Morgan fingerprint density at radius 1 is 1.37 bits per heavy atom. The van der Waals surface area contributed by atoms with Crippen molar-refractivity contribution in [1.29, 1.82) is 0 Å². The summed E-state index contributed by atoms with van der Waals surface area (Å²) in [5.74, 6) is 0.594. The molecule has 1 aromatic heterocycles. The van der Waals surface area contributed by atoms with Gasteiger partial charge in [0.2, 0.25) is 5.89 Å². The fraction of sp³-hybridized carbons (Fsp3) is 0.846. The zero-order valence-electron chi connectivity index (χ0n) is 12.2. The Morgan fingerprint density at radius 2 is 2.16 bits per heavy atom. The summed E-state index contributed by atoms with van der Waals surface area (Å²) in [6.45, 7) is 9.80. The van der Waals surface area contributed by atoms with Gasteiger partial charge >= 0.3 is 6.01 Å². The van der Waals surface area contributed by atoms with Crippen LogP contribution in [0.3, 0.4) is 0 Å². The Bertz CT molecular complexity index is 394. The van der Waals surface area contributed by atoms with Gasteiger partial charge in [0, 0.05) is 12.1 Å². The molecule has 0 spiro atoms. The van der Waals surface area contributed by atoms with E-state index in [0.717, 1.165) is 19.4 Å². The second-order valence-electron chi connectivity index (χ2n) is 6.09. The summed E-state index contributed by atoms with van der Waals surface area (Å²) in [6.07, 6.45) is 2.45. The van der Waals surface area contributed by atoms with Gasteiger partial charge in [0.05, 0.1) is 18.7 Å². The first-order valence-electron chi connectivity index (χ1n) is 6.89. The molecule has 1 fully saturated rings. The zero-order valence-corrected chi connectivity index (χ0v) is 12.2. The van der Waals surface area contributed by atoms with Gasteiger partial charge in [-0.15, -0.1) is 5.10 Å². The molecular formula is C13H24N4O2. The summed E-state index contributed by atoms with van der Waals surface area (Å²) in [6, 6.07) is 0.653. The molecule has 19 heavy (non-hydrogen) atoms. The minimum absolute atomic E-state index is 0.0348. The Hall–Kier alpha value is -1.14. The molecule has 0 saturated carbocycles. The summed E-state index contributed by atoms with van der Waals surface area (Å²) < 4.78 is 11.2. The molecule has 0 aromatic carbocycles. The SMILES string of the molecule is CC(Nc1nnc(CNC(C)(C)C)o1)C1CCCO1. The minimum atomic E-state index is 0.0348. The summed E-state index contributed by atoms with van der Waals surface area (Å²) in [5.41, 5.74) is 0.0348. The maximum absolute atomic E-state index is 5.62. The third-order valence-corrected chi connectivity index (χ3v) is 3.11. The van der Waals surface area contributed by atoms with E-state index >= 15 is 0 Å². The van der Waals surface area contributed by atoms with Crippen molar-refractivity contribution in [3.63, 3.8) is 0 Å². The lowest BCUT2D eigenvalue weighted by Gasteiger charge is -2.19. The van der Waals surface area contributed by atoms with Crippen LogP contribution >= 0.6 is 0 Å². The van der Waals surface area contributed by atoms with Gasteiger partial charge < -0.3 is 19.8 Å². The summed E-state index contributed by atoms with van der Waals surface area (Å²) in [7, 11) is 0. The van der Waals surface area contributed by atoms with Crippen LogP contribution in [0.2, 0.25) is 0 Å². The lowest BCUT2D eigenvalue weighted by molar-refractivity contribution is 0.0989. The molecule has 1 aliphatic heterocycles. The van der Waals surface area contributed by atoms with Crippen molar-refractivity contribution in [2.45, 2.75) is 64.8 Å². The molecule has 2 unspecified atom stereocenters. The number of nitrogens with one attached hydrogen (secondary N) is 2. The fourth-order valence-corrected chi connectivity index (χ4v) is 2.01. The highest BCUT2D eigenvalue weighted by molar-refractivity contribution is 5.20. The van der Waals surface area contributed by atoms with Gasteiger partial charge in [-0.05, 0) is 40.5 Å². The third-order valence-electron chi connectivity index (χ3n) is 3.11. The van der Waals surface area contributed by atoms with Crippen LogP contribution in [-0.4, -0.2) is 34.5 Å². The number of aromatic nitrogens is 2. The smallest absolute Gasteiger partial charge is 0.315 e. The molecule has 0 radical (unpaired) electrons. The standard InChI is InChI=1S/C13H24N4O2/c1-9(10-6-5-7-18-10)15-12-17-16-11(19-12)8-14-13(2,3)4/h9-10,14H,5-8H2,1-4H3,(H,15,17). The van der Waals surface area contributed by atoms with Gasteiger partial charge in [0.25, 0.3) is 0 Å². The predicted molar refractivity (Wildman–Crippen MR) is 72.9 cm³/mol. The molecule has 2 atom stereocenters. The molecule has 6 heteroatoms. The average molecular weight is 268 g/mol. The molecule has 2 heterocycles. The van der Waals surface area contributed by atoms with Crippen molar-refractivity contribution in [3.8, 4) is 0 Å². The van der Waals surface area contributed by atoms with E-state index in [0.29, 0.717) is 18.5 Å². The largest absolute Gasteiger partial charge is 0.407 e. The molecule has 1 aliphatic rings. The Morgan fingerprint density at radius 3 is 2.79 bits per heavy atom. The summed E-state index contributed by atoms with van der Waals surface area (Å²) in [4.78, 5) is 0. The number of hydrogen-bond donors (Lipinski definition) is 2. The maximum atomic E-state index is 5.62. The fourth-order valence-electron chi connectivity index (χ4n) is 2.01. The Kier molecular flexibility index (Phi) is 4.42. The van der Waals surface area contributed by atoms with E-state index in [2.05, 4.69) is 48.5 Å². The van der Waals surface area contributed by atoms with E-state index in [1.54, 1.807) is 0 Å². The van der Waals surface area contributed by atoms with E-state index < -0.39 is 0 Å². The first-order chi connectivity index (χ1) is 8.94. The quantitative estimate of drug-likeness (QED) is 0.850. The van der Waals surface area contributed by atoms with Crippen LogP contribution in [-0.2, 0) is 11.3 Å². The maximum Gasteiger partial charge on any atom is 0.315 e. The number of nitrogens with zero attached hydrogens (tertiary/aromatic N) is 2. The molecule has 6 nitrogen and oxygen atoms in total. The van der Waals surface area contributed by atoms with Crippen LogP contribution in [0.4, 0.5) is 6.01 Å². The lowest BCUT2D eigenvalue weighted by atomic mass is 10.1. The second-order valence-corrected chi connectivity index (χ2v) is 6.09. The van der Waals surface area contributed by atoms with Crippen molar-refractivity contribution in [2.24, 2.45) is 0 Å². The van der Waals surface area contributed by atoms with Crippen LogP contribution in [0.25, 0.3) is 0 Å². The molecule has 1 aromatic rings. The summed E-state index contributed by atoms with van der Waals surface area (Å²) >= 11 is 0. The first-order valence-corrected chi connectivity index (χ1v) is 6.89. The topological polar surface area (TPSA) is 72.2 Å². The van der Waals surface area contributed by atoms with Crippen molar-refractivity contribution in [2.75, 3.05) is 11.9 Å². The number of ether oxygens (including phenoxy) is 1. The number of hydrogen-bond acceptors (Lipinski definition) is 6. The van der Waals surface area contributed by atoms with Crippen LogP contribution in [0.5, 0.6) is 0 Å². The molecule has 1 saturated heterocycles. The lowest BCUT2D eigenvalue weighted by Crippen LogP contribution is -2.35. The van der Waals surface area contributed by atoms with Crippen LogP contribution in [0.15, 0.2) is 4.42 Å². The van der Waals surface area contributed by atoms with Crippen LogP contribution in [0.1, 0.15) is 46.4 Å². The zero-order chi connectivity index (χ0) is 13.9. The van der Waals surface area contributed by atoms with Crippen molar-refractivity contribution in [1.82, 2.24) is 15.5 Å². The van der Waals surface area contributed by atoms with Crippen LogP contribution in [0, 0.1) is 0 Å². The van der Waals surface area contributed by atoms with Gasteiger partial charge in [0.1, 0.15) is 0 Å². The highest BCUT2D eigenvalue weighted by atomic mass is 16.5. The van der Waals surface area contributed by atoms with Crippen molar-refractivity contribution < 1.29 is 9.15 Å². The first kappa shape index (κ1) is 14.3. The monoisotopic (exact) mass is 268 g/mol. The van der Waals surface area contributed by atoms with Gasteiger partial charge in [-0.1, -0.05) is 5.10 Å². The van der Waals surface area contributed by atoms with E-state index in [1.807, 2.05) is 0 Å². The van der Waals surface area contributed by atoms with Crippen LogP contribution < -0.4 is 10.6 Å². The third kappa shape index (κ3) is 4.47. The number of anilines is 1. The van der Waals surface area contributed by atoms with E-state index in [1.165, 1.54) is 0 Å².